The summed E-state index contributed by atoms with van der Waals surface area (Å²) in [5.41, 5.74) is 0.548. The van der Waals surface area contributed by atoms with E-state index in [1.54, 1.807) is 6.92 Å². The van der Waals surface area contributed by atoms with Crippen molar-refractivity contribution in [3.63, 3.8) is 0 Å². The van der Waals surface area contributed by atoms with Gasteiger partial charge in [-0.2, -0.15) is 0 Å². The summed E-state index contributed by atoms with van der Waals surface area (Å²) in [6, 6.07) is 0. The molecule has 2 heteroatoms. The first-order chi connectivity index (χ1) is 11.2. The predicted octanol–water partition coefficient (Wildman–Crippen LogP) is 4.60. The van der Waals surface area contributed by atoms with Crippen LogP contribution in [0.2, 0.25) is 0 Å². The lowest BCUT2D eigenvalue weighted by atomic mass is 9.44. The molecule has 0 radical (unpaired) electrons. The Morgan fingerprint density at radius 1 is 1.00 bits per heavy atom. The number of carbonyl (C=O) groups excluding carboxylic acids is 1. The summed E-state index contributed by atoms with van der Waals surface area (Å²) in [6.07, 6.45) is 8.37. The average molecular weight is 320 g/mol. The van der Waals surface area contributed by atoms with Crippen LogP contribution in [0.15, 0.2) is 0 Å². The van der Waals surface area contributed by atoms with Gasteiger partial charge < -0.3 is 5.11 Å². The molecular formula is C21H34O2. The number of fused-ring (bicyclic) bond motifs is 5. The van der Waals surface area contributed by atoms with E-state index in [2.05, 4.69) is 13.8 Å². The first kappa shape index (κ1) is 14.9. The molecule has 4 rings (SSSR count). The van der Waals surface area contributed by atoms with E-state index < -0.39 is 6.08 Å². The van der Waals surface area contributed by atoms with Gasteiger partial charge in [0.25, 0.3) is 0 Å². The molecular weight excluding hydrogens is 284 g/mol. The lowest BCUT2D eigenvalue weighted by Gasteiger charge is -2.60. The van der Waals surface area contributed by atoms with Gasteiger partial charge in [-0.15, -0.1) is 0 Å². The van der Waals surface area contributed by atoms with Crippen LogP contribution in [0.25, 0.3) is 0 Å². The SMILES string of the molecule is [2H][C@@]1(O)CC[C@@]2(C)[C@H](CC[C@@H]3[C@@H]2CC[C@]2(C)[C@@H](C(C)=O)CC[C@@H]32)C1. The fourth-order valence-electron chi connectivity index (χ4n) is 7.73. The number of Topliss-reactive ketones (excluding diaryl/α,β-unsaturated/α-hetero) is 1. The van der Waals surface area contributed by atoms with Gasteiger partial charge in [-0.25, -0.2) is 0 Å². The summed E-state index contributed by atoms with van der Waals surface area (Å²) >= 11 is 0. The van der Waals surface area contributed by atoms with Gasteiger partial charge in [0.05, 0.1) is 7.45 Å². The first-order valence-electron chi connectivity index (χ1n) is 10.4. The van der Waals surface area contributed by atoms with Crippen molar-refractivity contribution in [2.75, 3.05) is 0 Å². The van der Waals surface area contributed by atoms with Crippen LogP contribution in [-0.2, 0) is 4.79 Å². The van der Waals surface area contributed by atoms with E-state index >= 15 is 0 Å². The van der Waals surface area contributed by atoms with Crippen LogP contribution in [0, 0.1) is 40.4 Å². The van der Waals surface area contributed by atoms with Gasteiger partial charge in [0.1, 0.15) is 5.78 Å². The Balaban J connectivity index is 1.61. The van der Waals surface area contributed by atoms with E-state index in [9.17, 15) is 9.90 Å². The molecule has 0 saturated heterocycles. The summed E-state index contributed by atoms with van der Waals surface area (Å²) in [4.78, 5) is 12.2. The highest BCUT2D eigenvalue weighted by atomic mass is 16.3. The van der Waals surface area contributed by atoms with Gasteiger partial charge in [-0.05, 0) is 99.2 Å². The van der Waals surface area contributed by atoms with Crippen molar-refractivity contribution in [2.24, 2.45) is 40.4 Å². The molecule has 0 aromatic heterocycles. The zero-order valence-corrected chi connectivity index (χ0v) is 15.1. The zero-order valence-electron chi connectivity index (χ0n) is 16.1. The predicted molar refractivity (Wildman–Crippen MR) is 91.9 cm³/mol. The Morgan fingerprint density at radius 3 is 2.43 bits per heavy atom. The number of aliphatic hydroxyl groups is 1. The van der Waals surface area contributed by atoms with Crippen molar-refractivity contribution in [2.45, 2.75) is 84.6 Å². The maximum absolute atomic E-state index is 12.2. The molecule has 0 bridgehead atoms. The first-order valence-corrected chi connectivity index (χ1v) is 9.90. The van der Waals surface area contributed by atoms with E-state index in [-0.39, 0.29) is 5.41 Å². The standard InChI is InChI=1S/C21H34O2/c1-13(22)17-6-7-18-16-5-4-14-12-15(23)8-10-20(14,2)19(16)9-11-21(17,18)3/h14-19,23H,4-12H2,1-3H3/t14-,15-,16+,17-,18+,19+,20+,21-/m1/s1/i15D. The van der Waals surface area contributed by atoms with Crippen molar-refractivity contribution >= 4 is 5.78 Å². The number of hydrogen-bond donors (Lipinski definition) is 1. The summed E-state index contributed by atoms with van der Waals surface area (Å²) in [7, 11) is 0. The highest BCUT2D eigenvalue weighted by Crippen LogP contribution is 2.67. The fourth-order valence-corrected chi connectivity index (χ4v) is 7.73. The van der Waals surface area contributed by atoms with Gasteiger partial charge in [-0.3, -0.25) is 4.79 Å². The van der Waals surface area contributed by atoms with E-state index in [1.807, 2.05) is 0 Å². The second kappa shape index (κ2) is 5.31. The van der Waals surface area contributed by atoms with Gasteiger partial charge in [0.15, 0.2) is 0 Å². The topological polar surface area (TPSA) is 37.3 Å². The monoisotopic (exact) mass is 319 g/mol. The Bertz CT molecular complexity index is 544. The third-order valence-corrected chi connectivity index (χ3v) is 8.99. The molecule has 23 heavy (non-hydrogen) atoms. The van der Waals surface area contributed by atoms with Gasteiger partial charge >= 0.3 is 0 Å². The van der Waals surface area contributed by atoms with Crippen LogP contribution in [-0.4, -0.2) is 17.0 Å². The maximum Gasteiger partial charge on any atom is 0.133 e. The molecule has 0 spiro atoms. The number of ketones is 1. The van der Waals surface area contributed by atoms with Gasteiger partial charge in [0, 0.05) is 5.92 Å². The Kier molecular flexibility index (Phi) is 3.45. The molecule has 4 fully saturated rings. The molecule has 8 atom stereocenters. The molecule has 0 unspecified atom stereocenters. The van der Waals surface area contributed by atoms with Crippen molar-refractivity contribution in [1.29, 1.82) is 0 Å². The largest absolute Gasteiger partial charge is 0.393 e. The van der Waals surface area contributed by atoms with E-state index in [0.717, 1.165) is 30.6 Å². The molecule has 0 amide bonds. The van der Waals surface area contributed by atoms with Crippen LogP contribution < -0.4 is 0 Å². The lowest BCUT2D eigenvalue weighted by Crippen LogP contribution is -2.54. The second-order valence-corrected chi connectivity index (χ2v) is 9.71. The van der Waals surface area contributed by atoms with Gasteiger partial charge in [-0.1, -0.05) is 13.8 Å². The molecule has 0 aromatic carbocycles. The maximum atomic E-state index is 12.2. The number of carbonyl (C=O) groups is 1. The number of hydrogen-bond acceptors (Lipinski definition) is 2. The van der Waals surface area contributed by atoms with Crippen molar-refractivity contribution < 1.29 is 11.3 Å². The van der Waals surface area contributed by atoms with Crippen molar-refractivity contribution in [1.82, 2.24) is 0 Å². The minimum atomic E-state index is -1.19. The molecule has 0 aromatic rings. The third kappa shape index (κ3) is 2.19. The minimum absolute atomic E-state index is 0.237. The lowest BCUT2D eigenvalue weighted by molar-refractivity contribution is -0.138. The third-order valence-electron chi connectivity index (χ3n) is 8.99. The Hall–Kier alpha value is -0.370. The van der Waals surface area contributed by atoms with Crippen LogP contribution >= 0.6 is 0 Å². The molecule has 4 aliphatic rings. The molecule has 4 aliphatic carbocycles. The summed E-state index contributed by atoms with van der Waals surface area (Å²) in [6.45, 7) is 6.67. The Labute approximate surface area is 142 Å². The molecule has 2 nitrogen and oxygen atoms in total. The number of rotatable bonds is 1. The quantitative estimate of drug-likeness (QED) is 0.767. The second-order valence-electron chi connectivity index (χ2n) is 9.71. The van der Waals surface area contributed by atoms with Gasteiger partial charge in [0.2, 0.25) is 0 Å². The zero-order chi connectivity index (χ0) is 17.3. The summed E-state index contributed by atoms with van der Waals surface area (Å²) < 4.78 is 8.11. The van der Waals surface area contributed by atoms with Crippen LogP contribution in [0.4, 0.5) is 0 Å². The molecule has 1 N–H and O–H groups in total. The normalized spacial score (nSPS) is 59.5. The van der Waals surface area contributed by atoms with Crippen LogP contribution in [0.1, 0.15) is 79.9 Å². The molecule has 0 heterocycles. The molecule has 0 aliphatic heterocycles. The summed E-state index contributed by atoms with van der Waals surface area (Å²) in [5, 5.41) is 10.2. The van der Waals surface area contributed by atoms with Crippen LogP contribution in [0.3, 0.4) is 0 Å². The average Bonchev–Trinajstić information content (AvgIpc) is 2.85. The van der Waals surface area contributed by atoms with Crippen molar-refractivity contribution in [3.8, 4) is 0 Å². The summed E-state index contributed by atoms with van der Waals surface area (Å²) in [5.74, 6) is 3.46. The van der Waals surface area contributed by atoms with E-state index in [1.165, 1.54) is 32.1 Å². The molecule has 4 saturated carbocycles. The van der Waals surface area contributed by atoms with E-state index in [0.29, 0.717) is 35.9 Å². The Morgan fingerprint density at radius 2 is 1.70 bits per heavy atom. The highest BCUT2D eigenvalue weighted by molar-refractivity contribution is 5.79. The minimum Gasteiger partial charge on any atom is -0.393 e. The van der Waals surface area contributed by atoms with E-state index in [4.69, 9.17) is 1.37 Å². The van der Waals surface area contributed by atoms with Crippen molar-refractivity contribution in [3.05, 3.63) is 0 Å². The fraction of sp³-hybridized carbons (Fsp3) is 0.952. The smallest absolute Gasteiger partial charge is 0.133 e. The molecule has 130 valence electrons. The van der Waals surface area contributed by atoms with Crippen LogP contribution in [0.5, 0.6) is 0 Å². The highest BCUT2D eigenvalue weighted by Gasteiger charge is 2.60.